The van der Waals surface area contributed by atoms with Crippen molar-refractivity contribution in [2.45, 2.75) is 33.1 Å². The van der Waals surface area contributed by atoms with E-state index in [1.165, 1.54) is 0 Å². The summed E-state index contributed by atoms with van der Waals surface area (Å²) in [5.74, 6) is -1.32. The molecule has 1 aromatic rings. The molecule has 0 spiro atoms. The molecule has 0 N–H and O–H groups in total. The molecule has 0 aliphatic heterocycles. The minimum Gasteiger partial charge on any atom is -0.203 e. The summed E-state index contributed by atoms with van der Waals surface area (Å²) in [4.78, 5) is 0. The predicted molar refractivity (Wildman–Crippen MR) is 49.8 cm³/mol. The van der Waals surface area contributed by atoms with Crippen molar-refractivity contribution < 1.29 is 8.78 Å². The highest BCUT2D eigenvalue weighted by Crippen LogP contribution is 2.24. The molecule has 0 saturated heterocycles. The SMILES string of the molecule is CCC(C)c1ccc(C)c(F)c1F. The predicted octanol–water partition coefficient (Wildman–Crippen LogP) is 3.79. The smallest absolute Gasteiger partial charge is 0.162 e. The number of benzene rings is 1. The Morgan fingerprint density at radius 1 is 1.23 bits per heavy atom. The topological polar surface area (TPSA) is 0 Å². The average molecular weight is 184 g/mol. The van der Waals surface area contributed by atoms with Gasteiger partial charge in [0.25, 0.3) is 0 Å². The summed E-state index contributed by atoms with van der Waals surface area (Å²) >= 11 is 0. The Morgan fingerprint density at radius 2 is 1.85 bits per heavy atom. The summed E-state index contributed by atoms with van der Waals surface area (Å²) in [6, 6.07) is 3.29. The number of rotatable bonds is 2. The molecule has 72 valence electrons. The molecule has 2 heteroatoms. The van der Waals surface area contributed by atoms with Gasteiger partial charge >= 0.3 is 0 Å². The van der Waals surface area contributed by atoms with Gasteiger partial charge in [-0.05, 0) is 30.4 Å². The van der Waals surface area contributed by atoms with E-state index < -0.39 is 11.6 Å². The summed E-state index contributed by atoms with van der Waals surface area (Å²) in [5.41, 5.74) is 0.843. The lowest BCUT2D eigenvalue weighted by Gasteiger charge is -2.11. The van der Waals surface area contributed by atoms with Crippen LogP contribution >= 0.6 is 0 Å². The van der Waals surface area contributed by atoms with Crippen LogP contribution in [0.4, 0.5) is 8.78 Å². The second-order valence-electron chi connectivity index (χ2n) is 3.41. The van der Waals surface area contributed by atoms with Crippen LogP contribution in [0.5, 0.6) is 0 Å². The number of hydrogen-bond acceptors (Lipinski definition) is 0. The zero-order valence-electron chi connectivity index (χ0n) is 8.20. The van der Waals surface area contributed by atoms with Crippen LogP contribution in [-0.2, 0) is 0 Å². The minimum absolute atomic E-state index is 0.0788. The van der Waals surface area contributed by atoms with E-state index in [0.717, 1.165) is 6.42 Å². The van der Waals surface area contributed by atoms with Crippen molar-refractivity contribution in [1.82, 2.24) is 0 Å². The van der Waals surface area contributed by atoms with E-state index >= 15 is 0 Å². The van der Waals surface area contributed by atoms with Crippen molar-refractivity contribution in [2.24, 2.45) is 0 Å². The lowest BCUT2D eigenvalue weighted by atomic mass is 9.97. The Balaban J connectivity index is 3.18. The highest BCUT2D eigenvalue weighted by atomic mass is 19.2. The van der Waals surface area contributed by atoms with Gasteiger partial charge in [0.1, 0.15) is 0 Å². The molecule has 0 amide bonds. The minimum atomic E-state index is -0.710. The van der Waals surface area contributed by atoms with Crippen LogP contribution in [0, 0.1) is 18.6 Å². The van der Waals surface area contributed by atoms with E-state index in [4.69, 9.17) is 0 Å². The lowest BCUT2D eigenvalue weighted by Crippen LogP contribution is -2.00. The van der Waals surface area contributed by atoms with E-state index in [1.807, 2.05) is 13.8 Å². The van der Waals surface area contributed by atoms with Crippen molar-refractivity contribution in [1.29, 1.82) is 0 Å². The maximum Gasteiger partial charge on any atom is 0.162 e. The third kappa shape index (κ3) is 1.87. The van der Waals surface area contributed by atoms with Crippen LogP contribution in [-0.4, -0.2) is 0 Å². The van der Waals surface area contributed by atoms with E-state index in [9.17, 15) is 8.78 Å². The van der Waals surface area contributed by atoms with Gasteiger partial charge in [0.15, 0.2) is 11.6 Å². The first-order valence-corrected chi connectivity index (χ1v) is 4.52. The van der Waals surface area contributed by atoms with Crippen LogP contribution in [0.25, 0.3) is 0 Å². The highest BCUT2D eigenvalue weighted by Gasteiger charge is 2.14. The van der Waals surface area contributed by atoms with E-state index in [1.54, 1.807) is 19.1 Å². The molecule has 1 rings (SSSR count). The first kappa shape index (κ1) is 10.2. The molecule has 0 radical (unpaired) electrons. The molecular formula is C11H14F2. The molecule has 1 aromatic carbocycles. The molecule has 0 heterocycles. The van der Waals surface area contributed by atoms with Gasteiger partial charge in [-0.1, -0.05) is 26.0 Å². The van der Waals surface area contributed by atoms with Crippen LogP contribution in [0.15, 0.2) is 12.1 Å². The zero-order chi connectivity index (χ0) is 10.0. The van der Waals surface area contributed by atoms with Gasteiger partial charge in [-0.15, -0.1) is 0 Å². The van der Waals surface area contributed by atoms with Crippen molar-refractivity contribution in [3.8, 4) is 0 Å². The quantitative estimate of drug-likeness (QED) is 0.656. The number of hydrogen-bond donors (Lipinski definition) is 0. The lowest BCUT2D eigenvalue weighted by molar-refractivity contribution is 0.484. The van der Waals surface area contributed by atoms with Gasteiger partial charge in [0.05, 0.1) is 0 Å². The van der Waals surface area contributed by atoms with Gasteiger partial charge in [0.2, 0.25) is 0 Å². The van der Waals surface area contributed by atoms with Gasteiger partial charge in [0, 0.05) is 0 Å². The summed E-state index contributed by atoms with van der Waals surface area (Å²) < 4.78 is 26.4. The van der Waals surface area contributed by atoms with E-state index in [-0.39, 0.29) is 5.92 Å². The third-order valence-electron chi connectivity index (χ3n) is 2.45. The molecule has 0 saturated carbocycles. The molecule has 1 unspecified atom stereocenters. The number of halogens is 2. The van der Waals surface area contributed by atoms with E-state index in [2.05, 4.69) is 0 Å². The van der Waals surface area contributed by atoms with E-state index in [0.29, 0.717) is 11.1 Å². The van der Waals surface area contributed by atoms with Crippen LogP contribution in [0.2, 0.25) is 0 Å². The maximum absolute atomic E-state index is 13.3. The van der Waals surface area contributed by atoms with Crippen molar-refractivity contribution in [2.75, 3.05) is 0 Å². The summed E-state index contributed by atoms with van der Waals surface area (Å²) in [5, 5.41) is 0. The Kier molecular flexibility index (Phi) is 3.02. The maximum atomic E-state index is 13.3. The van der Waals surface area contributed by atoms with Crippen LogP contribution < -0.4 is 0 Å². The number of aryl methyl sites for hydroxylation is 1. The largest absolute Gasteiger partial charge is 0.203 e. The van der Waals surface area contributed by atoms with Crippen molar-refractivity contribution in [3.63, 3.8) is 0 Å². The van der Waals surface area contributed by atoms with Crippen molar-refractivity contribution in [3.05, 3.63) is 34.9 Å². The molecular weight excluding hydrogens is 170 g/mol. The first-order chi connectivity index (χ1) is 6.07. The normalized spacial score (nSPS) is 13.0. The molecule has 0 aliphatic rings. The standard InChI is InChI=1S/C11H14F2/c1-4-7(2)9-6-5-8(3)10(12)11(9)13/h5-7H,4H2,1-3H3. The van der Waals surface area contributed by atoms with Crippen LogP contribution in [0.3, 0.4) is 0 Å². The molecule has 0 nitrogen and oxygen atoms in total. The molecule has 0 aromatic heterocycles. The molecule has 0 bridgehead atoms. The molecule has 0 aliphatic carbocycles. The fraction of sp³-hybridized carbons (Fsp3) is 0.455. The second kappa shape index (κ2) is 3.86. The van der Waals surface area contributed by atoms with Gasteiger partial charge < -0.3 is 0 Å². The van der Waals surface area contributed by atoms with Crippen molar-refractivity contribution >= 4 is 0 Å². The zero-order valence-corrected chi connectivity index (χ0v) is 8.20. The van der Waals surface area contributed by atoms with Gasteiger partial charge in [-0.2, -0.15) is 0 Å². The van der Waals surface area contributed by atoms with Gasteiger partial charge in [-0.25, -0.2) is 8.78 Å². The first-order valence-electron chi connectivity index (χ1n) is 4.52. The average Bonchev–Trinajstić information content (AvgIpc) is 2.13. The Labute approximate surface area is 77.6 Å². The monoisotopic (exact) mass is 184 g/mol. The Bertz CT molecular complexity index is 305. The molecule has 1 atom stereocenters. The molecule has 13 heavy (non-hydrogen) atoms. The summed E-state index contributed by atoms with van der Waals surface area (Å²) in [6.07, 6.45) is 0.819. The Hall–Kier alpha value is -0.920. The van der Waals surface area contributed by atoms with Crippen LogP contribution in [0.1, 0.15) is 37.3 Å². The fourth-order valence-corrected chi connectivity index (χ4v) is 1.26. The van der Waals surface area contributed by atoms with Gasteiger partial charge in [-0.3, -0.25) is 0 Å². The highest BCUT2D eigenvalue weighted by molar-refractivity contribution is 5.27. The third-order valence-corrected chi connectivity index (χ3v) is 2.45. The fourth-order valence-electron chi connectivity index (χ4n) is 1.26. The summed E-state index contributed by atoms with van der Waals surface area (Å²) in [7, 11) is 0. The molecule has 0 fully saturated rings. The Morgan fingerprint density at radius 3 is 2.38 bits per heavy atom. The summed E-state index contributed by atoms with van der Waals surface area (Å²) in [6.45, 7) is 5.42. The second-order valence-corrected chi connectivity index (χ2v) is 3.41.